The Hall–Kier alpha value is 0.996. The van der Waals surface area contributed by atoms with Crippen LogP contribution in [-0.2, 0) is 14.0 Å². The van der Waals surface area contributed by atoms with Crippen LogP contribution in [0.1, 0.15) is 19.8 Å². The van der Waals surface area contributed by atoms with Crippen molar-refractivity contribution in [3.05, 3.63) is 0 Å². The van der Waals surface area contributed by atoms with Crippen LogP contribution in [0.4, 0.5) is 0 Å². The molecule has 0 aliphatic rings. The number of unbranched alkanes of at least 4 members (excludes halogenated alkanes) is 1. The Morgan fingerprint density at radius 1 is 0.933 bits per heavy atom. The molecule has 0 saturated heterocycles. The Labute approximate surface area is 108 Å². The maximum Gasteiger partial charge on any atom is 2.00 e. The molecule has 0 spiro atoms. The zero-order valence-corrected chi connectivity index (χ0v) is 11.5. The maximum atomic E-state index is 9.94. The van der Waals surface area contributed by atoms with Gasteiger partial charge in [-0.15, -0.1) is 0 Å². The van der Waals surface area contributed by atoms with E-state index in [0.29, 0.717) is 13.2 Å². The predicted octanol–water partition coefficient (Wildman–Crippen LogP) is -0.597. The SMILES string of the molecule is CCCCOCCOCCOP([O-])[O-].[Mg+2]. The third-order valence-corrected chi connectivity index (χ3v) is 1.83. The third-order valence-electron chi connectivity index (χ3n) is 1.44. The molecule has 0 fully saturated rings. The van der Waals surface area contributed by atoms with Crippen LogP contribution in [0.5, 0.6) is 0 Å². The van der Waals surface area contributed by atoms with Crippen molar-refractivity contribution in [2.75, 3.05) is 33.0 Å². The molecular formula is C8H17MgO5P. The second kappa shape index (κ2) is 15.0. The Morgan fingerprint density at radius 3 is 2.00 bits per heavy atom. The summed E-state index contributed by atoms with van der Waals surface area (Å²) in [4.78, 5) is 19.9. The maximum absolute atomic E-state index is 9.94. The van der Waals surface area contributed by atoms with E-state index in [1.165, 1.54) is 0 Å². The largest absolute Gasteiger partial charge is 2.00 e. The summed E-state index contributed by atoms with van der Waals surface area (Å²) in [6.07, 6.45) is 2.17. The normalized spacial score (nSPS) is 10.4. The fourth-order valence-corrected chi connectivity index (χ4v) is 0.963. The van der Waals surface area contributed by atoms with E-state index >= 15 is 0 Å². The molecule has 0 N–H and O–H groups in total. The van der Waals surface area contributed by atoms with Gasteiger partial charge in [0, 0.05) is 6.61 Å². The molecule has 0 aromatic carbocycles. The number of ether oxygens (including phenoxy) is 2. The van der Waals surface area contributed by atoms with Crippen molar-refractivity contribution in [3.8, 4) is 0 Å². The minimum Gasteiger partial charge on any atom is -0.820 e. The molecule has 7 heteroatoms. The zero-order valence-electron chi connectivity index (χ0n) is 9.15. The molecule has 0 heterocycles. The first-order valence-corrected chi connectivity index (χ1v) is 5.79. The van der Waals surface area contributed by atoms with Crippen LogP contribution >= 0.6 is 8.60 Å². The molecule has 0 aliphatic carbocycles. The summed E-state index contributed by atoms with van der Waals surface area (Å²) in [6.45, 7) is 4.23. The van der Waals surface area contributed by atoms with Crippen molar-refractivity contribution in [2.45, 2.75) is 19.8 Å². The van der Waals surface area contributed by atoms with E-state index < -0.39 is 8.60 Å². The second-order valence-corrected chi connectivity index (χ2v) is 3.34. The molecular weight excluding hydrogens is 231 g/mol. The minimum atomic E-state index is -2.74. The van der Waals surface area contributed by atoms with Gasteiger partial charge in [-0.05, 0) is 6.42 Å². The van der Waals surface area contributed by atoms with Crippen molar-refractivity contribution < 1.29 is 23.8 Å². The number of hydrogen-bond donors (Lipinski definition) is 0. The molecule has 0 radical (unpaired) electrons. The van der Waals surface area contributed by atoms with Crippen LogP contribution in [0.3, 0.4) is 0 Å². The van der Waals surface area contributed by atoms with E-state index in [2.05, 4.69) is 11.4 Å². The quantitative estimate of drug-likeness (QED) is 0.293. The van der Waals surface area contributed by atoms with Crippen LogP contribution < -0.4 is 9.79 Å². The summed E-state index contributed by atoms with van der Waals surface area (Å²) >= 11 is 0. The standard InChI is InChI=1S/C8H17O5P.Mg/c1-2-3-4-11-5-6-12-7-8-13-14(9)10;/h2-8H2,1H3;/q-2;+2. The molecule has 5 nitrogen and oxygen atoms in total. The summed E-state index contributed by atoms with van der Waals surface area (Å²) in [5.41, 5.74) is 0. The molecule has 15 heavy (non-hydrogen) atoms. The van der Waals surface area contributed by atoms with Crippen molar-refractivity contribution >= 4 is 31.7 Å². The smallest absolute Gasteiger partial charge is 0.820 e. The van der Waals surface area contributed by atoms with E-state index in [1.807, 2.05) is 0 Å². The van der Waals surface area contributed by atoms with Gasteiger partial charge in [0.1, 0.15) is 0 Å². The van der Waals surface area contributed by atoms with E-state index in [9.17, 15) is 9.79 Å². The third kappa shape index (κ3) is 17.6. The molecule has 0 unspecified atom stereocenters. The molecule has 0 aromatic rings. The fourth-order valence-electron chi connectivity index (χ4n) is 0.739. The minimum absolute atomic E-state index is 0. The first-order chi connectivity index (χ1) is 6.77. The van der Waals surface area contributed by atoms with Crippen molar-refractivity contribution in [1.82, 2.24) is 0 Å². The molecule has 0 saturated carbocycles. The average molecular weight is 248 g/mol. The Kier molecular flexibility index (Phi) is 18.4. The summed E-state index contributed by atoms with van der Waals surface area (Å²) in [7, 11) is -2.74. The summed E-state index contributed by atoms with van der Waals surface area (Å²) in [6, 6.07) is 0. The van der Waals surface area contributed by atoms with Crippen molar-refractivity contribution in [2.24, 2.45) is 0 Å². The fraction of sp³-hybridized carbons (Fsp3) is 1.00. The van der Waals surface area contributed by atoms with Gasteiger partial charge >= 0.3 is 23.1 Å². The van der Waals surface area contributed by atoms with Gasteiger partial charge in [-0.3, -0.25) is 0 Å². The predicted molar refractivity (Wildman–Crippen MR) is 55.2 cm³/mol. The first kappa shape index (κ1) is 18.4. The summed E-state index contributed by atoms with van der Waals surface area (Å²) in [5.74, 6) is 0. The van der Waals surface area contributed by atoms with Crippen LogP contribution in [0.15, 0.2) is 0 Å². The molecule has 0 bridgehead atoms. The number of rotatable bonds is 10. The van der Waals surface area contributed by atoms with E-state index in [4.69, 9.17) is 9.47 Å². The average Bonchev–Trinajstić information content (AvgIpc) is 2.15. The van der Waals surface area contributed by atoms with Gasteiger partial charge in [-0.2, -0.15) is 8.60 Å². The van der Waals surface area contributed by atoms with Gasteiger partial charge in [0.2, 0.25) is 0 Å². The summed E-state index contributed by atoms with van der Waals surface area (Å²) in [5, 5.41) is 0. The second-order valence-electron chi connectivity index (χ2n) is 2.64. The van der Waals surface area contributed by atoms with Gasteiger partial charge in [0.05, 0.1) is 26.4 Å². The van der Waals surface area contributed by atoms with Crippen LogP contribution in [-0.4, -0.2) is 56.1 Å². The van der Waals surface area contributed by atoms with Gasteiger partial charge in [-0.1, -0.05) is 13.3 Å². The van der Waals surface area contributed by atoms with Gasteiger partial charge in [0.15, 0.2) is 0 Å². The van der Waals surface area contributed by atoms with Gasteiger partial charge < -0.3 is 23.8 Å². The molecule has 0 atom stereocenters. The van der Waals surface area contributed by atoms with Gasteiger partial charge in [0.25, 0.3) is 0 Å². The van der Waals surface area contributed by atoms with Crippen LogP contribution in [0, 0.1) is 0 Å². The van der Waals surface area contributed by atoms with Crippen LogP contribution in [0.2, 0.25) is 0 Å². The monoisotopic (exact) mass is 248 g/mol. The first-order valence-electron chi connectivity index (χ1n) is 4.70. The van der Waals surface area contributed by atoms with E-state index in [1.54, 1.807) is 0 Å². The summed E-state index contributed by atoms with van der Waals surface area (Å²) < 4.78 is 14.5. The van der Waals surface area contributed by atoms with E-state index in [0.717, 1.165) is 19.4 Å². The number of hydrogen-bond acceptors (Lipinski definition) is 5. The van der Waals surface area contributed by atoms with Crippen LogP contribution in [0.25, 0.3) is 0 Å². The molecule has 0 amide bonds. The van der Waals surface area contributed by atoms with Crippen molar-refractivity contribution in [3.63, 3.8) is 0 Å². The Morgan fingerprint density at radius 2 is 1.47 bits per heavy atom. The zero-order chi connectivity index (χ0) is 10.6. The topological polar surface area (TPSA) is 73.8 Å². The van der Waals surface area contributed by atoms with Crippen molar-refractivity contribution in [1.29, 1.82) is 0 Å². The Bertz CT molecular complexity index is 117. The Balaban J connectivity index is 0. The molecule has 0 aromatic heterocycles. The van der Waals surface area contributed by atoms with E-state index in [-0.39, 0.29) is 36.3 Å². The molecule has 86 valence electrons. The molecule has 0 aliphatic heterocycles. The van der Waals surface area contributed by atoms with Gasteiger partial charge in [-0.25, -0.2) is 0 Å². The molecule has 0 rings (SSSR count).